The highest BCUT2D eigenvalue weighted by molar-refractivity contribution is 7.92. The van der Waals surface area contributed by atoms with Crippen LogP contribution in [0.1, 0.15) is 35.2 Å². The third kappa shape index (κ3) is 4.45. The minimum Gasteiger partial charge on any atom is -0.342 e. The normalized spacial score (nSPS) is 18.4. The lowest BCUT2D eigenvalue weighted by Crippen LogP contribution is -2.10. The summed E-state index contributed by atoms with van der Waals surface area (Å²) in [4.78, 5) is 8.02. The zero-order valence-electron chi connectivity index (χ0n) is 17.5. The van der Waals surface area contributed by atoms with E-state index in [2.05, 4.69) is 14.7 Å². The number of anilines is 1. The summed E-state index contributed by atoms with van der Waals surface area (Å²) in [6.45, 7) is 0. The first-order chi connectivity index (χ1) is 15.6. The number of para-hydroxylation sites is 1. The number of halogens is 3. The van der Waals surface area contributed by atoms with E-state index in [1.807, 2.05) is 30.3 Å². The molecule has 0 aliphatic heterocycles. The number of aromatic nitrogens is 2. The number of fused-ring (bicyclic) bond motifs is 1. The molecule has 33 heavy (non-hydrogen) atoms. The predicted molar refractivity (Wildman–Crippen MR) is 122 cm³/mol. The van der Waals surface area contributed by atoms with Crippen molar-refractivity contribution in [2.45, 2.75) is 24.4 Å². The molecule has 1 aromatic heterocycles. The van der Waals surface area contributed by atoms with Crippen LogP contribution in [0.5, 0.6) is 0 Å². The van der Waals surface area contributed by atoms with Gasteiger partial charge in [-0.2, -0.15) is 13.2 Å². The summed E-state index contributed by atoms with van der Waals surface area (Å²) in [6, 6.07) is 18.2. The first-order valence-electron chi connectivity index (χ1n) is 10.3. The molecule has 4 aromatic rings. The second-order valence-corrected chi connectivity index (χ2v) is 10.1. The minimum absolute atomic E-state index is 0.122. The highest BCUT2D eigenvalue weighted by Gasteiger charge is 2.42. The average Bonchev–Trinajstić information content (AvgIpc) is 3.44. The van der Waals surface area contributed by atoms with Crippen molar-refractivity contribution in [3.63, 3.8) is 0 Å². The van der Waals surface area contributed by atoms with Crippen LogP contribution in [-0.2, 0) is 16.2 Å². The maximum absolute atomic E-state index is 12.8. The van der Waals surface area contributed by atoms with Gasteiger partial charge in [-0.15, -0.1) is 0 Å². The van der Waals surface area contributed by atoms with Crippen molar-refractivity contribution >= 4 is 26.7 Å². The van der Waals surface area contributed by atoms with Crippen molar-refractivity contribution < 1.29 is 21.6 Å². The number of aromatic amines is 1. The smallest absolute Gasteiger partial charge is 0.342 e. The molecule has 0 radical (unpaired) electrons. The Balaban J connectivity index is 1.40. The summed E-state index contributed by atoms with van der Waals surface area (Å²) < 4.78 is 64.4. The zero-order valence-corrected chi connectivity index (χ0v) is 18.3. The number of hydrogen-bond acceptors (Lipinski definition) is 3. The summed E-state index contributed by atoms with van der Waals surface area (Å²) in [5.74, 6) is 1.05. The molecule has 170 valence electrons. The molecular weight excluding hydrogens is 451 g/mol. The van der Waals surface area contributed by atoms with Crippen molar-refractivity contribution in [3.05, 3.63) is 83.7 Å². The van der Waals surface area contributed by atoms with E-state index >= 15 is 0 Å². The van der Waals surface area contributed by atoms with Crippen LogP contribution in [0.2, 0.25) is 0 Å². The van der Waals surface area contributed by atoms with Crippen molar-refractivity contribution in [3.8, 4) is 11.1 Å². The molecule has 2 N–H and O–H groups in total. The molecule has 1 fully saturated rings. The van der Waals surface area contributed by atoms with Gasteiger partial charge in [-0.3, -0.25) is 4.72 Å². The Bertz CT molecular complexity index is 1440. The van der Waals surface area contributed by atoms with E-state index in [0.717, 1.165) is 58.4 Å². The molecule has 1 aliphatic carbocycles. The topological polar surface area (TPSA) is 74.8 Å². The number of benzene rings is 3. The van der Waals surface area contributed by atoms with Gasteiger partial charge < -0.3 is 4.98 Å². The van der Waals surface area contributed by atoms with Gasteiger partial charge in [-0.05, 0) is 53.8 Å². The van der Waals surface area contributed by atoms with Crippen LogP contribution in [0, 0.1) is 0 Å². The molecule has 2 atom stereocenters. The van der Waals surface area contributed by atoms with Crippen molar-refractivity contribution in [1.29, 1.82) is 0 Å². The van der Waals surface area contributed by atoms with Gasteiger partial charge in [0.25, 0.3) is 0 Å². The first kappa shape index (κ1) is 21.5. The van der Waals surface area contributed by atoms with E-state index in [-0.39, 0.29) is 11.8 Å². The fourth-order valence-electron chi connectivity index (χ4n) is 4.18. The SMILES string of the molecule is CS(=O)(=O)Nc1ccccc1-c1ccc2nc(C3CC3c3ccc(C(F)(F)F)cc3)[nH]c2c1. The highest BCUT2D eigenvalue weighted by Crippen LogP contribution is 2.54. The van der Waals surface area contributed by atoms with Crippen molar-refractivity contribution in [1.82, 2.24) is 9.97 Å². The summed E-state index contributed by atoms with van der Waals surface area (Å²) >= 11 is 0. The number of sulfonamides is 1. The van der Waals surface area contributed by atoms with Crippen LogP contribution in [0.3, 0.4) is 0 Å². The Morgan fingerprint density at radius 1 is 1.00 bits per heavy atom. The minimum atomic E-state index is -4.34. The van der Waals surface area contributed by atoms with Crippen LogP contribution in [0.15, 0.2) is 66.7 Å². The molecule has 5 nitrogen and oxygen atoms in total. The molecule has 0 amide bonds. The molecule has 0 bridgehead atoms. The van der Waals surface area contributed by atoms with Gasteiger partial charge >= 0.3 is 6.18 Å². The monoisotopic (exact) mass is 471 g/mol. The number of nitrogens with zero attached hydrogens (tertiary/aromatic N) is 1. The average molecular weight is 472 g/mol. The fraction of sp³-hybridized carbons (Fsp3) is 0.208. The predicted octanol–water partition coefficient (Wildman–Crippen LogP) is 5.89. The van der Waals surface area contributed by atoms with Gasteiger partial charge in [-0.25, -0.2) is 13.4 Å². The molecule has 1 saturated carbocycles. The van der Waals surface area contributed by atoms with Crippen LogP contribution in [0.4, 0.5) is 18.9 Å². The summed E-state index contributed by atoms with van der Waals surface area (Å²) in [5.41, 5.74) is 3.88. The number of nitrogens with one attached hydrogen (secondary N) is 2. The quantitative estimate of drug-likeness (QED) is 0.381. The molecule has 2 unspecified atom stereocenters. The van der Waals surface area contributed by atoms with Crippen LogP contribution in [0.25, 0.3) is 22.2 Å². The summed E-state index contributed by atoms with van der Waals surface area (Å²) in [7, 11) is -3.43. The third-order valence-electron chi connectivity index (χ3n) is 5.84. The highest BCUT2D eigenvalue weighted by atomic mass is 32.2. The molecule has 1 heterocycles. The Hall–Kier alpha value is -3.33. The molecular formula is C24H20F3N3O2S. The number of imidazole rings is 1. The lowest BCUT2D eigenvalue weighted by Gasteiger charge is -2.10. The lowest BCUT2D eigenvalue weighted by atomic mass is 10.0. The molecule has 9 heteroatoms. The molecule has 1 aliphatic rings. The van der Waals surface area contributed by atoms with E-state index in [1.54, 1.807) is 24.3 Å². The van der Waals surface area contributed by atoms with E-state index < -0.39 is 21.8 Å². The van der Waals surface area contributed by atoms with E-state index in [4.69, 9.17) is 0 Å². The molecule has 3 aromatic carbocycles. The van der Waals surface area contributed by atoms with Crippen molar-refractivity contribution in [2.75, 3.05) is 11.0 Å². The number of alkyl halides is 3. The Kier molecular flexibility index (Phi) is 4.97. The van der Waals surface area contributed by atoms with Gasteiger partial charge in [0.1, 0.15) is 5.82 Å². The van der Waals surface area contributed by atoms with Gasteiger partial charge in [0, 0.05) is 11.5 Å². The molecule has 0 saturated heterocycles. The Labute approximate surface area is 188 Å². The van der Waals surface area contributed by atoms with Gasteiger partial charge in [0.05, 0.1) is 28.5 Å². The number of rotatable bonds is 5. The Morgan fingerprint density at radius 3 is 2.42 bits per heavy atom. The fourth-order valence-corrected chi connectivity index (χ4v) is 4.76. The third-order valence-corrected chi connectivity index (χ3v) is 6.43. The standard InChI is InChI=1S/C24H20F3N3O2S/c1-33(31,32)30-20-5-3-2-4-17(20)15-8-11-21-22(12-15)29-23(28-21)19-13-18(19)14-6-9-16(10-7-14)24(25,26)27/h2-12,18-19,30H,13H2,1H3,(H,28,29). The van der Waals surface area contributed by atoms with Crippen LogP contribution in [-0.4, -0.2) is 24.6 Å². The largest absolute Gasteiger partial charge is 0.416 e. The van der Waals surface area contributed by atoms with Gasteiger partial charge in [0.2, 0.25) is 10.0 Å². The molecule has 5 rings (SSSR count). The second kappa shape index (κ2) is 7.62. The van der Waals surface area contributed by atoms with Gasteiger partial charge in [-0.1, -0.05) is 36.4 Å². The van der Waals surface area contributed by atoms with Crippen molar-refractivity contribution in [2.24, 2.45) is 0 Å². The van der Waals surface area contributed by atoms with Crippen LogP contribution < -0.4 is 4.72 Å². The van der Waals surface area contributed by atoms with E-state index in [0.29, 0.717) is 5.69 Å². The lowest BCUT2D eigenvalue weighted by molar-refractivity contribution is -0.137. The summed E-state index contributed by atoms with van der Waals surface area (Å²) in [6.07, 6.45) is -2.41. The first-order valence-corrected chi connectivity index (χ1v) is 12.2. The molecule has 0 spiro atoms. The summed E-state index contributed by atoms with van der Waals surface area (Å²) in [5, 5.41) is 0. The second-order valence-electron chi connectivity index (χ2n) is 8.34. The van der Waals surface area contributed by atoms with Crippen LogP contribution >= 0.6 is 0 Å². The maximum Gasteiger partial charge on any atom is 0.416 e. The van der Waals surface area contributed by atoms with Gasteiger partial charge in [0.15, 0.2) is 0 Å². The zero-order chi connectivity index (χ0) is 23.4. The maximum atomic E-state index is 12.8. The van der Waals surface area contributed by atoms with E-state index in [9.17, 15) is 21.6 Å². The number of H-pyrrole nitrogens is 1. The number of hydrogen-bond donors (Lipinski definition) is 2. The Morgan fingerprint density at radius 2 is 1.73 bits per heavy atom. The van der Waals surface area contributed by atoms with E-state index in [1.165, 1.54) is 0 Å².